The Kier molecular flexibility index (Phi) is 9.41. The van der Waals surface area contributed by atoms with E-state index in [0.717, 1.165) is 49.9 Å². The van der Waals surface area contributed by atoms with E-state index in [2.05, 4.69) is 6.92 Å². The first kappa shape index (κ1) is 24.4. The molecule has 0 amide bonds. The first-order valence-electron chi connectivity index (χ1n) is 13.0. The molecule has 30 heavy (non-hydrogen) atoms. The number of hydrogen-bond donors (Lipinski definition) is 0. The van der Waals surface area contributed by atoms with E-state index < -0.39 is 12.1 Å². The average Bonchev–Trinajstić information content (AvgIpc) is 2.76. The average molecular weight is 431 g/mol. The van der Waals surface area contributed by atoms with Crippen molar-refractivity contribution >= 4 is 0 Å². The lowest BCUT2D eigenvalue weighted by Crippen LogP contribution is -2.37. The number of unbranched alkanes of at least 4 members (excludes halogenated alkanes) is 1. The topological polar surface area (TPSA) is 9.23 Å². The van der Waals surface area contributed by atoms with Crippen molar-refractivity contribution in [3.63, 3.8) is 0 Å². The second-order valence-electron chi connectivity index (χ2n) is 10.9. The van der Waals surface area contributed by atoms with E-state index in [1.54, 1.807) is 7.11 Å². The van der Waals surface area contributed by atoms with Gasteiger partial charge in [0.15, 0.2) is 0 Å². The molecule has 0 aromatic carbocycles. The fourth-order valence-corrected chi connectivity index (χ4v) is 7.05. The van der Waals surface area contributed by atoms with Crippen LogP contribution in [0.2, 0.25) is 0 Å². The van der Waals surface area contributed by atoms with Crippen LogP contribution in [0.4, 0.5) is 13.2 Å². The third-order valence-corrected chi connectivity index (χ3v) is 8.99. The fraction of sp³-hybridized carbons (Fsp3) is 1.00. The zero-order valence-corrected chi connectivity index (χ0v) is 19.4. The SMILES string of the molecule is CCCCC1CCC(C2CCC(CC(C3CCCC(OC)C3)C(F)(F)F)CC2)CC1. The van der Waals surface area contributed by atoms with E-state index >= 15 is 0 Å². The summed E-state index contributed by atoms with van der Waals surface area (Å²) in [5, 5.41) is 0. The molecule has 0 heterocycles. The summed E-state index contributed by atoms with van der Waals surface area (Å²) >= 11 is 0. The number of methoxy groups -OCH3 is 1. The lowest BCUT2D eigenvalue weighted by molar-refractivity contribution is -0.200. The molecule has 0 saturated heterocycles. The molecular formula is C26H45F3O. The molecule has 3 aliphatic carbocycles. The summed E-state index contributed by atoms with van der Waals surface area (Å²) in [7, 11) is 1.65. The first-order chi connectivity index (χ1) is 14.4. The highest BCUT2D eigenvalue weighted by Gasteiger charge is 2.47. The van der Waals surface area contributed by atoms with Crippen LogP contribution in [0.1, 0.15) is 110 Å². The second-order valence-corrected chi connectivity index (χ2v) is 10.9. The maximum atomic E-state index is 13.9. The van der Waals surface area contributed by atoms with Crippen LogP contribution in [0.3, 0.4) is 0 Å². The highest BCUT2D eigenvalue weighted by atomic mass is 19.4. The number of alkyl halides is 3. The third kappa shape index (κ3) is 6.87. The fourth-order valence-electron chi connectivity index (χ4n) is 7.05. The van der Waals surface area contributed by atoms with E-state index in [1.165, 1.54) is 57.8 Å². The van der Waals surface area contributed by atoms with Gasteiger partial charge in [-0.2, -0.15) is 13.2 Å². The Bertz CT molecular complexity index is 475. The minimum Gasteiger partial charge on any atom is -0.381 e. The largest absolute Gasteiger partial charge is 0.392 e. The molecule has 1 nitrogen and oxygen atoms in total. The third-order valence-electron chi connectivity index (χ3n) is 8.99. The van der Waals surface area contributed by atoms with Crippen molar-refractivity contribution in [3.8, 4) is 0 Å². The monoisotopic (exact) mass is 430 g/mol. The molecule has 3 unspecified atom stereocenters. The van der Waals surface area contributed by atoms with Crippen molar-refractivity contribution in [2.45, 2.75) is 122 Å². The van der Waals surface area contributed by atoms with E-state index in [9.17, 15) is 13.2 Å². The van der Waals surface area contributed by atoms with Gasteiger partial charge in [0.2, 0.25) is 0 Å². The van der Waals surface area contributed by atoms with Crippen LogP contribution in [0, 0.1) is 35.5 Å². The Balaban J connectivity index is 1.45. The molecule has 0 spiro atoms. The lowest BCUT2D eigenvalue weighted by atomic mass is 9.66. The van der Waals surface area contributed by atoms with Crippen molar-refractivity contribution in [3.05, 3.63) is 0 Å². The van der Waals surface area contributed by atoms with Crippen LogP contribution < -0.4 is 0 Å². The van der Waals surface area contributed by atoms with Gasteiger partial charge in [-0.05, 0) is 81.0 Å². The summed E-state index contributed by atoms with van der Waals surface area (Å²) in [5.74, 6) is 1.49. The Morgan fingerprint density at radius 2 is 1.43 bits per heavy atom. The minimum absolute atomic E-state index is 0.0248. The Morgan fingerprint density at radius 1 is 0.833 bits per heavy atom. The summed E-state index contributed by atoms with van der Waals surface area (Å²) in [6, 6.07) is 0. The second kappa shape index (κ2) is 11.6. The molecule has 3 atom stereocenters. The van der Waals surface area contributed by atoms with Gasteiger partial charge in [-0.25, -0.2) is 0 Å². The van der Waals surface area contributed by atoms with Gasteiger partial charge >= 0.3 is 6.18 Å². The lowest BCUT2D eigenvalue weighted by Gasteiger charge is -2.40. The van der Waals surface area contributed by atoms with Crippen molar-refractivity contribution in [1.82, 2.24) is 0 Å². The Hall–Kier alpha value is -0.250. The molecule has 3 aliphatic rings. The van der Waals surface area contributed by atoms with Crippen LogP contribution >= 0.6 is 0 Å². The van der Waals surface area contributed by atoms with Crippen molar-refractivity contribution < 1.29 is 17.9 Å². The summed E-state index contributed by atoms with van der Waals surface area (Å²) in [6.45, 7) is 2.28. The van der Waals surface area contributed by atoms with Crippen LogP contribution in [-0.4, -0.2) is 19.4 Å². The summed E-state index contributed by atoms with van der Waals surface area (Å²) in [5.41, 5.74) is 0. The molecule has 0 N–H and O–H groups in total. The van der Waals surface area contributed by atoms with Gasteiger partial charge in [-0.3, -0.25) is 0 Å². The van der Waals surface area contributed by atoms with Crippen LogP contribution in [0.5, 0.6) is 0 Å². The molecule has 0 aliphatic heterocycles. The summed E-state index contributed by atoms with van der Waals surface area (Å²) < 4.78 is 47.2. The number of halogens is 3. The maximum absolute atomic E-state index is 13.9. The smallest absolute Gasteiger partial charge is 0.381 e. The molecule has 0 aromatic rings. The zero-order valence-electron chi connectivity index (χ0n) is 19.4. The van der Waals surface area contributed by atoms with E-state index in [-0.39, 0.29) is 17.9 Å². The van der Waals surface area contributed by atoms with Crippen molar-refractivity contribution in [2.24, 2.45) is 35.5 Å². The van der Waals surface area contributed by atoms with Gasteiger partial charge in [0.05, 0.1) is 12.0 Å². The molecule has 176 valence electrons. The zero-order chi connectivity index (χ0) is 21.6. The van der Waals surface area contributed by atoms with Crippen LogP contribution in [0.15, 0.2) is 0 Å². The number of ether oxygens (including phenoxy) is 1. The molecule has 4 heteroatoms. The quantitative estimate of drug-likeness (QED) is 0.375. The number of hydrogen-bond acceptors (Lipinski definition) is 1. The molecule has 3 rings (SSSR count). The van der Waals surface area contributed by atoms with Gasteiger partial charge < -0.3 is 4.74 Å². The highest BCUT2D eigenvalue weighted by Crippen LogP contribution is 2.48. The molecule has 3 saturated carbocycles. The van der Waals surface area contributed by atoms with Gasteiger partial charge in [-0.15, -0.1) is 0 Å². The van der Waals surface area contributed by atoms with Gasteiger partial charge in [0.1, 0.15) is 0 Å². The molecule has 0 aromatic heterocycles. The van der Waals surface area contributed by atoms with E-state index in [0.29, 0.717) is 12.8 Å². The maximum Gasteiger partial charge on any atom is 0.392 e. The Morgan fingerprint density at radius 3 is 1.97 bits per heavy atom. The standard InChI is InChI=1S/C26H45F3O/c1-3-4-6-19-9-13-21(14-10-19)22-15-11-20(12-16-22)17-25(26(27,28)29)23-7-5-8-24(18-23)30-2/h19-25H,3-18H2,1-2H3. The molecule has 3 fully saturated rings. The number of rotatable bonds is 8. The molecule has 0 radical (unpaired) electrons. The minimum atomic E-state index is -4.06. The summed E-state index contributed by atoms with van der Waals surface area (Å²) in [6.07, 6.45) is 13.4. The van der Waals surface area contributed by atoms with Crippen LogP contribution in [0.25, 0.3) is 0 Å². The normalized spacial score (nSPS) is 37.1. The molecular weight excluding hydrogens is 385 g/mol. The van der Waals surface area contributed by atoms with Gasteiger partial charge in [0, 0.05) is 7.11 Å². The first-order valence-corrected chi connectivity index (χ1v) is 13.0. The Labute approximate surface area is 182 Å². The predicted octanol–water partition coefficient (Wildman–Crippen LogP) is 8.56. The van der Waals surface area contributed by atoms with Crippen molar-refractivity contribution in [1.29, 1.82) is 0 Å². The molecule has 0 bridgehead atoms. The van der Waals surface area contributed by atoms with Gasteiger partial charge in [-0.1, -0.05) is 58.3 Å². The van der Waals surface area contributed by atoms with Crippen molar-refractivity contribution in [2.75, 3.05) is 7.11 Å². The van der Waals surface area contributed by atoms with E-state index in [4.69, 9.17) is 4.74 Å². The van der Waals surface area contributed by atoms with Gasteiger partial charge in [0.25, 0.3) is 0 Å². The predicted molar refractivity (Wildman–Crippen MR) is 117 cm³/mol. The van der Waals surface area contributed by atoms with Crippen LogP contribution in [-0.2, 0) is 4.74 Å². The highest BCUT2D eigenvalue weighted by molar-refractivity contribution is 4.87. The van der Waals surface area contributed by atoms with E-state index in [1.807, 2.05) is 0 Å². The summed E-state index contributed by atoms with van der Waals surface area (Å²) in [4.78, 5) is 0.